The van der Waals surface area contributed by atoms with Crippen molar-refractivity contribution in [3.05, 3.63) is 48.4 Å². The van der Waals surface area contributed by atoms with Gasteiger partial charge in [-0.25, -0.2) is 19.6 Å². The molecule has 0 aliphatic rings. The van der Waals surface area contributed by atoms with Crippen LogP contribution in [-0.4, -0.2) is 38.6 Å². The van der Waals surface area contributed by atoms with Gasteiger partial charge in [0, 0.05) is 18.0 Å². The van der Waals surface area contributed by atoms with Crippen molar-refractivity contribution in [2.24, 2.45) is 0 Å². The molecule has 3 aromatic heterocycles. The average molecular weight is 312 g/mol. The lowest BCUT2D eigenvalue weighted by molar-refractivity contribution is 0.0696. The number of carbonyl (C=O) groups excluding carboxylic acids is 1. The van der Waals surface area contributed by atoms with Crippen LogP contribution in [-0.2, 0) is 4.74 Å². The number of carboxylic acid groups (broad SMARTS) is 1. The number of carbonyl (C=O) groups is 2. The van der Waals surface area contributed by atoms with Gasteiger partial charge in [-0.1, -0.05) is 0 Å². The number of aromatic nitrogens is 3. The fraction of sp³-hybridized carbons (Fsp3) is 0.0667. The Kier molecular flexibility index (Phi) is 3.63. The lowest BCUT2D eigenvalue weighted by atomic mass is 10.2. The third kappa shape index (κ3) is 2.82. The van der Waals surface area contributed by atoms with Gasteiger partial charge in [0.1, 0.15) is 11.5 Å². The number of aromatic carboxylic acids is 1. The van der Waals surface area contributed by atoms with E-state index in [4.69, 9.17) is 5.11 Å². The fourth-order valence-electron chi connectivity index (χ4n) is 2.10. The van der Waals surface area contributed by atoms with E-state index >= 15 is 0 Å². The number of amides is 1. The number of ether oxygens (including phenoxy) is 1. The molecule has 116 valence electrons. The van der Waals surface area contributed by atoms with Crippen LogP contribution in [0.1, 0.15) is 10.4 Å². The Hall–Kier alpha value is -3.42. The lowest BCUT2D eigenvalue weighted by Gasteiger charge is -2.05. The van der Waals surface area contributed by atoms with Gasteiger partial charge in [-0.2, -0.15) is 0 Å². The number of fused-ring (bicyclic) bond motifs is 1. The van der Waals surface area contributed by atoms with E-state index in [9.17, 15) is 9.59 Å². The Morgan fingerprint density at radius 1 is 1.17 bits per heavy atom. The second-order valence-electron chi connectivity index (χ2n) is 4.64. The summed E-state index contributed by atoms with van der Waals surface area (Å²) in [6.07, 6.45) is 4.08. The molecule has 0 aliphatic heterocycles. The summed E-state index contributed by atoms with van der Waals surface area (Å²) >= 11 is 0. The first kappa shape index (κ1) is 14.5. The Balaban J connectivity index is 1.98. The highest BCUT2D eigenvalue weighted by atomic mass is 16.5. The first-order chi connectivity index (χ1) is 11.1. The van der Waals surface area contributed by atoms with Gasteiger partial charge in [-0.3, -0.25) is 9.72 Å². The van der Waals surface area contributed by atoms with E-state index in [0.717, 1.165) is 5.56 Å². The molecule has 3 rings (SSSR count). The SMILES string of the molecule is COC(=O)Nc1ccc(-c2cnc3ccc(C(=O)O)cn23)cn1. The Labute approximate surface area is 130 Å². The first-order valence-electron chi connectivity index (χ1n) is 6.60. The second kappa shape index (κ2) is 5.76. The van der Waals surface area contributed by atoms with Gasteiger partial charge in [0.15, 0.2) is 0 Å². The molecule has 2 N–H and O–H groups in total. The maximum absolute atomic E-state index is 11.1. The van der Waals surface area contributed by atoms with Crippen LogP contribution in [0.25, 0.3) is 16.9 Å². The summed E-state index contributed by atoms with van der Waals surface area (Å²) in [6.45, 7) is 0. The van der Waals surface area contributed by atoms with Crippen molar-refractivity contribution in [2.75, 3.05) is 12.4 Å². The third-order valence-electron chi connectivity index (χ3n) is 3.23. The molecule has 0 aliphatic carbocycles. The van der Waals surface area contributed by atoms with Crippen molar-refractivity contribution in [1.29, 1.82) is 0 Å². The van der Waals surface area contributed by atoms with E-state index in [2.05, 4.69) is 20.0 Å². The van der Waals surface area contributed by atoms with Gasteiger partial charge in [-0.15, -0.1) is 0 Å². The van der Waals surface area contributed by atoms with Crippen molar-refractivity contribution in [1.82, 2.24) is 14.4 Å². The van der Waals surface area contributed by atoms with E-state index in [1.54, 1.807) is 35.0 Å². The maximum Gasteiger partial charge on any atom is 0.412 e. The van der Waals surface area contributed by atoms with Gasteiger partial charge >= 0.3 is 12.1 Å². The van der Waals surface area contributed by atoms with Crippen LogP contribution in [0.15, 0.2) is 42.9 Å². The van der Waals surface area contributed by atoms with Crippen LogP contribution in [0.3, 0.4) is 0 Å². The van der Waals surface area contributed by atoms with Crippen molar-refractivity contribution >= 4 is 23.5 Å². The standard InChI is InChI=1S/C15H12N4O4/c1-23-15(22)18-12-4-2-9(6-16-12)11-7-17-13-5-3-10(14(20)21)8-19(11)13/h2-8H,1H3,(H,20,21)(H,16,18,22). The van der Waals surface area contributed by atoms with Crippen LogP contribution in [0.4, 0.5) is 10.6 Å². The molecule has 3 heterocycles. The number of anilines is 1. The third-order valence-corrected chi connectivity index (χ3v) is 3.23. The summed E-state index contributed by atoms with van der Waals surface area (Å²) in [4.78, 5) is 30.6. The molecule has 0 unspecified atom stereocenters. The summed E-state index contributed by atoms with van der Waals surface area (Å²) in [5, 5.41) is 11.5. The van der Waals surface area contributed by atoms with E-state index in [0.29, 0.717) is 17.2 Å². The number of rotatable bonds is 3. The van der Waals surface area contributed by atoms with E-state index in [-0.39, 0.29) is 5.56 Å². The molecule has 1 amide bonds. The summed E-state index contributed by atoms with van der Waals surface area (Å²) in [5.74, 6) is -0.664. The predicted octanol–water partition coefficient (Wildman–Crippen LogP) is 2.27. The largest absolute Gasteiger partial charge is 0.478 e. The Bertz CT molecular complexity index is 886. The minimum Gasteiger partial charge on any atom is -0.478 e. The van der Waals surface area contributed by atoms with Gasteiger partial charge in [0.05, 0.1) is 24.6 Å². The molecule has 8 heteroatoms. The Morgan fingerprint density at radius 3 is 2.65 bits per heavy atom. The molecule has 23 heavy (non-hydrogen) atoms. The maximum atomic E-state index is 11.1. The highest BCUT2D eigenvalue weighted by molar-refractivity contribution is 5.88. The molecule has 0 bridgehead atoms. The zero-order valence-corrected chi connectivity index (χ0v) is 12.1. The van der Waals surface area contributed by atoms with Gasteiger partial charge in [-0.05, 0) is 24.3 Å². The number of nitrogens with zero attached hydrogens (tertiary/aromatic N) is 3. The van der Waals surface area contributed by atoms with Gasteiger partial charge < -0.3 is 9.84 Å². The number of nitrogens with one attached hydrogen (secondary N) is 1. The monoisotopic (exact) mass is 312 g/mol. The molecule has 0 aromatic carbocycles. The lowest BCUT2D eigenvalue weighted by Crippen LogP contribution is -2.11. The molecule has 0 spiro atoms. The minimum atomic E-state index is -1.01. The zero-order valence-electron chi connectivity index (χ0n) is 12.1. The number of methoxy groups -OCH3 is 1. The summed E-state index contributed by atoms with van der Waals surface area (Å²) < 4.78 is 6.16. The molecule has 8 nitrogen and oxygen atoms in total. The zero-order chi connectivity index (χ0) is 16.4. The van der Waals surface area contributed by atoms with E-state index < -0.39 is 12.1 Å². The summed E-state index contributed by atoms with van der Waals surface area (Å²) in [5.41, 5.74) is 2.21. The molecular formula is C15H12N4O4. The number of hydrogen-bond acceptors (Lipinski definition) is 5. The molecule has 0 saturated carbocycles. The molecular weight excluding hydrogens is 300 g/mol. The number of carboxylic acids is 1. The van der Waals surface area contributed by atoms with Crippen LogP contribution in [0.2, 0.25) is 0 Å². The van der Waals surface area contributed by atoms with Crippen LogP contribution in [0.5, 0.6) is 0 Å². The molecule has 0 saturated heterocycles. The molecule has 0 radical (unpaired) electrons. The predicted molar refractivity (Wildman–Crippen MR) is 81.4 cm³/mol. The smallest absolute Gasteiger partial charge is 0.412 e. The van der Waals surface area contributed by atoms with Crippen molar-refractivity contribution < 1.29 is 19.4 Å². The highest BCUT2D eigenvalue weighted by Crippen LogP contribution is 2.21. The quantitative estimate of drug-likeness (QED) is 0.768. The molecule has 0 atom stereocenters. The Morgan fingerprint density at radius 2 is 2.00 bits per heavy atom. The normalized spacial score (nSPS) is 10.5. The van der Waals surface area contributed by atoms with Crippen LogP contribution < -0.4 is 5.32 Å². The fourth-order valence-corrected chi connectivity index (χ4v) is 2.10. The number of imidazole rings is 1. The van der Waals surface area contributed by atoms with Crippen molar-refractivity contribution in [2.45, 2.75) is 0 Å². The van der Waals surface area contributed by atoms with E-state index in [1.807, 2.05) is 0 Å². The summed E-state index contributed by atoms with van der Waals surface area (Å²) in [6, 6.07) is 6.49. The van der Waals surface area contributed by atoms with Crippen molar-refractivity contribution in [3.63, 3.8) is 0 Å². The average Bonchev–Trinajstić information content (AvgIpc) is 2.98. The topological polar surface area (TPSA) is 106 Å². The van der Waals surface area contributed by atoms with Crippen LogP contribution in [0, 0.1) is 0 Å². The molecule has 3 aromatic rings. The number of pyridine rings is 2. The number of hydrogen-bond donors (Lipinski definition) is 2. The first-order valence-corrected chi connectivity index (χ1v) is 6.60. The van der Waals surface area contributed by atoms with Crippen LogP contribution >= 0.6 is 0 Å². The van der Waals surface area contributed by atoms with Gasteiger partial charge in [0.25, 0.3) is 0 Å². The van der Waals surface area contributed by atoms with Crippen molar-refractivity contribution in [3.8, 4) is 11.3 Å². The minimum absolute atomic E-state index is 0.161. The molecule has 0 fully saturated rings. The van der Waals surface area contributed by atoms with E-state index in [1.165, 1.54) is 19.4 Å². The summed E-state index contributed by atoms with van der Waals surface area (Å²) in [7, 11) is 1.27. The second-order valence-corrected chi connectivity index (χ2v) is 4.64. The van der Waals surface area contributed by atoms with Gasteiger partial charge in [0.2, 0.25) is 0 Å². The highest BCUT2D eigenvalue weighted by Gasteiger charge is 2.10.